The molecule has 3 nitrogen and oxygen atoms in total. The van der Waals surface area contributed by atoms with E-state index in [-0.39, 0.29) is 17.8 Å². The SMILES string of the molecule is COc1cc(F)c(C2CCNC2)cc1OC(C)C. The molecule has 0 spiro atoms. The third-order valence-electron chi connectivity index (χ3n) is 3.15. The maximum Gasteiger partial charge on any atom is 0.163 e. The first kappa shape index (κ1) is 13.1. The number of methoxy groups -OCH3 is 1. The average molecular weight is 253 g/mol. The molecule has 100 valence electrons. The second kappa shape index (κ2) is 5.57. The topological polar surface area (TPSA) is 30.5 Å². The zero-order chi connectivity index (χ0) is 13.1. The monoisotopic (exact) mass is 253 g/mol. The Hall–Kier alpha value is -1.29. The highest BCUT2D eigenvalue weighted by Gasteiger charge is 2.22. The van der Waals surface area contributed by atoms with E-state index < -0.39 is 0 Å². The van der Waals surface area contributed by atoms with Gasteiger partial charge in [0.15, 0.2) is 11.5 Å². The van der Waals surface area contributed by atoms with Crippen LogP contribution in [0.4, 0.5) is 4.39 Å². The van der Waals surface area contributed by atoms with E-state index in [9.17, 15) is 4.39 Å². The Bertz CT molecular complexity index is 415. The van der Waals surface area contributed by atoms with Gasteiger partial charge >= 0.3 is 0 Å². The maximum absolute atomic E-state index is 14.0. The van der Waals surface area contributed by atoms with Crippen LogP contribution in [0.2, 0.25) is 0 Å². The third kappa shape index (κ3) is 2.75. The second-order valence-electron chi connectivity index (χ2n) is 4.88. The zero-order valence-electron chi connectivity index (χ0n) is 11.1. The first-order valence-corrected chi connectivity index (χ1v) is 6.36. The van der Waals surface area contributed by atoms with Gasteiger partial charge in [0.05, 0.1) is 13.2 Å². The average Bonchev–Trinajstić information content (AvgIpc) is 2.83. The van der Waals surface area contributed by atoms with Crippen LogP contribution in [0.3, 0.4) is 0 Å². The molecule has 0 radical (unpaired) electrons. The zero-order valence-corrected chi connectivity index (χ0v) is 11.1. The van der Waals surface area contributed by atoms with Crippen molar-refractivity contribution in [3.05, 3.63) is 23.5 Å². The summed E-state index contributed by atoms with van der Waals surface area (Å²) in [6.07, 6.45) is 1.00. The lowest BCUT2D eigenvalue weighted by atomic mass is 9.97. The summed E-state index contributed by atoms with van der Waals surface area (Å²) < 4.78 is 24.9. The van der Waals surface area contributed by atoms with Gasteiger partial charge in [-0.15, -0.1) is 0 Å². The van der Waals surface area contributed by atoms with Crippen molar-refractivity contribution in [3.8, 4) is 11.5 Å². The number of nitrogens with one attached hydrogen (secondary N) is 1. The summed E-state index contributed by atoms with van der Waals surface area (Å²) in [6.45, 7) is 5.65. The van der Waals surface area contributed by atoms with E-state index in [1.54, 1.807) is 6.07 Å². The van der Waals surface area contributed by atoms with Crippen molar-refractivity contribution in [2.24, 2.45) is 0 Å². The van der Waals surface area contributed by atoms with Gasteiger partial charge in [0.1, 0.15) is 5.82 Å². The predicted molar refractivity (Wildman–Crippen MR) is 68.9 cm³/mol. The molecule has 1 aromatic carbocycles. The van der Waals surface area contributed by atoms with Crippen LogP contribution in [0.15, 0.2) is 12.1 Å². The van der Waals surface area contributed by atoms with Crippen molar-refractivity contribution in [2.45, 2.75) is 32.3 Å². The van der Waals surface area contributed by atoms with Crippen LogP contribution in [0, 0.1) is 5.82 Å². The van der Waals surface area contributed by atoms with Crippen LogP contribution in [-0.4, -0.2) is 26.3 Å². The van der Waals surface area contributed by atoms with Gasteiger partial charge in [0.2, 0.25) is 0 Å². The normalized spacial score (nSPS) is 19.3. The van der Waals surface area contributed by atoms with Crippen molar-refractivity contribution >= 4 is 0 Å². The highest BCUT2D eigenvalue weighted by molar-refractivity contribution is 5.45. The summed E-state index contributed by atoms with van der Waals surface area (Å²) in [6, 6.07) is 3.21. The Morgan fingerprint density at radius 2 is 2.11 bits per heavy atom. The minimum Gasteiger partial charge on any atom is -0.493 e. The largest absolute Gasteiger partial charge is 0.493 e. The molecule has 0 amide bonds. The molecule has 1 fully saturated rings. The Labute approximate surface area is 107 Å². The highest BCUT2D eigenvalue weighted by Crippen LogP contribution is 2.35. The minimum absolute atomic E-state index is 0.0407. The number of benzene rings is 1. The number of halogens is 1. The van der Waals surface area contributed by atoms with Crippen LogP contribution < -0.4 is 14.8 Å². The first-order chi connectivity index (χ1) is 8.61. The van der Waals surface area contributed by atoms with Crippen LogP contribution in [0.1, 0.15) is 31.7 Å². The summed E-state index contributed by atoms with van der Waals surface area (Å²) in [5.74, 6) is 1.09. The van der Waals surface area contributed by atoms with E-state index in [1.165, 1.54) is 13.2 Å². The summed E-state index contributed by atoms with van der Waals surface area (Å²) in [4.78, 5) is 0. The molecular formula is C14H20FNO2. The fourth-order valence-corrected chi connectivity index (χ4v) is 2.29. The van der Waals surface area contributed by atoms with Crippen molar-refractivity contribution in [2.75, 3.05) is 20.2 Å². The van der Waals surface area contributed by atoms with Gasteiger partial charge in [-0.25, -0.2) is 4.39 Å². The Kier molecular flexibility index (Phi) is 4.07. The van der Waals surface area contributed by atoms with Crippen LogP contribution in [0.25, 0.3) is 0 Å². The minimum atomic E-state index is -0.211. The first-order valence-electron chi connectivity index (χ1n) is 6.36. The van der Waals surface area contributed by atoms with E-state index >= 15 is 0 Å². The fourth-order valence-electron chi connectivity index (χ4n) is 2.29. The summed E-state index contributed by atoms with van der Waals surface area (Å²) in [7, 11) is 1.53. The van der Waals surface area contributed by atoms with Gasteiger partial charge in [-0.3, -0.25) is 0 Å². The van der Waals surface area contributed by atoms with Gasteiger partial charge in [-0.1, -0.05) is 0 Å². The van der Waals surface area contributed by atoms with Crippen LogP contribution in [0.5, 0.6) is 11.5 Å². The molecule has 1 heterocycles. The van der Waals surface area contributed by atoms with Crippen molar-refractivity contribution in [1.29, 1.82) is 0 Å². The van der Waals surface area contributed by atoms with E-state index in [4.69, 9.17) is 9.47 Å². The van der Waals surface area contributed by atoms with E-state index in [2.05, 4.69) is 5.32 Å². The number of rotatable bonds is 4. The summed E-state index contributed by atoms with van der Waals surface area (Å²) in [5, 5.41) is 3.25. The number of hydrogen-bond acceptors (Lipinski definition) is 3. The fraction of sp³-hybridized carbons (Fsp3) is 0.571. The van der Waals surface area contributed by atoms with Crippen molar-refractivity contribution < 1.29 is 13.9 Å². The lowest BCUT2D eigenvalue weighted by Gasteiger charge is -2.17. The molecule has 1 unspecified atom stereocenters. The van der Waals surface area contributed by atoms with E-state index in [0.717, 1.165) is 25.1 Å². The molecule has 4 heteroatoms. The Morgan fingerprint density at radius 1 is 1.33 bits per heavy atom. The number of ether oxygens (including phenoxy) is 2. The molecule has 18 heavy (non-hydrogen) atoms. The molecule has 0 aliphatic carbocycles. The lowest BCUT2D eigenvalue weighted by molar-refractivity contribution is 0.229. The molecule has 2 rings (SSSR count). The summed E-state index contributed by atoms with van der Waals surface area (Å²) in [5.41, 5.74) is 0.719. The maximum atomic E-state index is 14.0. The van der Waals surface area contributed by atoms with Crippen LogP contribution >= 0.6 is 0 Å². The Morgan fingerprint density at radius 3 is 2.67 bits per heavy atom. The van der Waals surface area contributed by atoms with Gasteiger partial charge in [-0.05, 0) is 38.4 Å². The van der Waals surface area contributed by atoms with Gasteiger partial charge in [0.25, 0.3) is 0 Å². The molecule has 1 saturated heterocycles. The smallest absolute Gasteiger partial charge is 0.163 e. The van der Waals surface area contributed by atoms with Gasteiger partial charge in [0, 0.05) is 18.5 Å². The number of hydrogen-bond donors (Lipinski definition) is 1. The molecule has 0 aromatic heterocycles. The molecule has 0 bridgehead atoms. The molecular weight excluding hydrogens is 233 g/mol. The lowest BCUT2D eigenvalue weighted by Crippen LogP contribution is -2.11. The molecule has 1 aliphatic heterocycles. The van der Waals surface area contributed by atoms with Crippen molar-refractivity contribution in [3.63, 3.8) is 0 Å². The van der Waals surface area contributed by atoms with Gasteiger partial charge < -0.3 is 14.8 Å². The summed E-state index contributed by atoms with van der Waals surface area (Å²) >= 11 is 0. The molecule has 1 aliphatic rings. The van der Waals surface area contributed by atoms with Gasteiger partial charge in [-0.2, -0.15) is 0 Å². The van der Waals surface area contributed by atoms with Crippen LogP contribution in [-0.2, 0) is 0 Å². The third-order valence-corrected chi connectivity index (χ3v) is 3.15. The molecule has 0 saturated carbocycles. The van der Waals surface area contributed by atoms with Crippen molar-refractivity contribution in [1.82, 2.24) is 5.32 Å². The standard InChI is InChI=1S/C14H20FNO2/c1-9(2)18-14-6-11(10-4-5-16-8-10)12(15)7-13(14)17-3/h6-7,9-10,16H,4-5,8H2,1-3H3. The molecule has 1 N–H and O–H groups in total. The quantitative estimate of drug-likeness (QED) is 0.895. The van der Waals surface area contributed by atoms with E-state index in [0.29, 0.717) is 11.5 Å². The Balaban J connectivity index is 2.34. The van der Waals surface area contributed by atoms with E-state index in [1.807, 2.05) is 13.8 Å². The molecule has 1 atom stereocenters. The molecule has 1 aromatic rings. The second-order valence-corrected chi connectivity index (χ2v) is 4.88. The highest BCUT2D eigenvalue weighted by atomic mass is 19.1. The predicted octanol–water partition coefficient (Wildman–Crippen LogP) is 2.70.